The average Bonchev–Trinajstić information content (AvgIpc) is 3.18. The molecule has 7 nitrogen and oxygen atoms in total. The van der Waals surface area contributed by atoms with Crippen molar-refractivity contribution in [3.05, 3.63) is 88.9 Å². The van der Waals surface area contributed by atoms with Gasteiger partial charge < -0.3 is 25.5 Å². The number of para-hydroxylation sites is 1. The molecular formula is C32H34FN3O4. The number of aromatic nitrogens is 1. The summed E-state index contributed by atoms with van der Waals surface area (Å²) in [7, 11) is 1.49. The van der Waals surface area contributed by atoms with Crippen LogP contribution in [0.1, 0.15) is 58.5 Å². The van der Waals surface area contributed by atoms with Gasteiger partial charge in [0.05, 0.1) is 23.8 Å². The molecule has 208 valence electrons. The fourth-order valence-electron chi connectivity index (χ4n) is 5.24. The summed E-state index contributed by atoms with van der Waals surface area (Å²) in [6.07, 6.45) is 4.74. The van der Waals surface area contributed by atoms with Crippen molar-refractivity contribution < 1.29 is 23.8 Å². The fraction of sp³-hybridized carbons (Fsp3) is 0.312. The van der Waals surface area contributed by atoms with Gasteiger partial charge >= 0.3 is 0 Å². The zero-order valence-electron chi connectivity index (χ0n) is 22.9. The Morgan fingerprint density at radius 3 is 2.62 bits per heavy atom. The number of aryl methyl sites for hydroxylation is 1. The van der Waals surface area contributed by atoms with Crippen LogP contribution in [-0.2, 0) is 12.8 Å². The third kappa shape index (κ3) is 5.72. The molecular weight excluding hydrogens is 509 g/mol. The number of carbonyl (C=O) groups excluding carboxylic acids is 2. The Kier molecular flexibility index (Phi) is 7.63. The largest absolute Gasteiger partial charge is 0.492 e. The predicted molar refractivity (Wildman–Crippen MR) is 153 cm³/mol. The number of aromatic amines is 1. The van der Waals surface area contributed by atoms with E-state index in [4.69, 9.17) is 4.74 Å². The van der Waals surface area contributed by atoms with E-state index in [-0.39, 0.29) is 5.56 Å². The Labute approximate surface area is 232 Å². The summed E-state index contributed by atoms with van der Waals surface area (Å²) >= 11 is 0. The first-order valence-corrected chi connectivity index (χ1v) is 13.5. The first-order valence-electron chi connectivity index (χ1n) is 13.5. The number of aliphatic hydroxyl groups is 1. The third-order valence-electron chi connectivity index (χ3n) is 7.47. The molecule has 2 amide bonds. The molecule has 0 fully saturated rings. The maximum atomic E-state index is 14.6. The minimum absolute atomic E-state index is 0.190. The standard InChI is InChI=1S/C32H34FN3O4/c1-32(2,39)28(17-23-18-35-27-10-5-4-9-25(23)27)36-31(38)26-16-21(12-19-8-6-7-11-40-29(19)26)20-13-22(30(37)34-3)15-24(33)14-20/h4-5,9-10,12-16,18,28,35,39H,6-8,11,17H2,1-3H3,(H,34,37)(H,36,38)/t28-/m1/s1. The molecule has 0 saturated carbocycles. The van der Waals surface area contributed by atoms with Crippen LogP contribution in [0.4, 0.5) is 4.39 Å². The highest BCUT2D eigenvalue weighted by atomic mass is 19.1. The highest BCUT2D eigenvalue weighted by Gasteiger charge is 2.31. The number of hydrogen-bond donors (Lipinski definition) is 4. The van der Waals surface area contributed by atoms with Gasteiger partial charge in [-0.3, -0.25) is 9.59 Å². The molecule has 4 N–H and O–H groups in total. The number of halogens is 1. The lowest BCUT2D eigenvalue weighted by Crippen LogP contribution is -2.50. The maximum absolute atomic E-state index is 14.6. The molecule has 1 aromatic heterocycles. The third-order valence-corrected chi connectivity index (χ3v) is 7.47. The summed E-state index contributed by atoms with van der Waals surface area (Å²) < 4.78 is 20.6. The Hall–Kier alpha value is -4.17. The van der Waals surface area contributed by atoms with E-state index in [0.29, 0.717) is 41.9 Å². The molecule has 1 atom stereocenters. The summed E-state index contributed by atoms with van der Waals surface area (Å²) in [6.45, 7) is 3.83. The van der Waals surface area contributed by atoms with Gasteiger partial charge in [-0.05, 0) is 98.2 Å². The number of nitrogens with one attached hydrogen (secondary N) is 3. The van der Waals surface area contributed by atoms with Crippen molar-refractivity contribution in [2.24, 2.45) is 0 Å². The highest BCUT2D eigenvalue weighted by molar-refractivity contribution is 6.00. The van der Waals surface area contributed by atoms with Crippen molar-refractivity contribution in [1.29, 1.82) is 0 Å². The molecule has 2 heterocycles. The molecule has 5 rings (SSSR count). The van der Waals surface area contributed by atoms with E-state index in [2.05, 4.69) is 15.6 Å². The van der Waals surface area contributed by atoms with Gasteiger partial charge in [-0.25, -0.2) is 4.39 Å². The summed E-state index contributed by atoms with van der Waals surface area (Å²) in [5.41, 5.74) is 3.18. The van der Waals surface area contributed by atoms with E-state index >= 15 is 0 Å². The van der Waals surface area contributed by atoms with Gasteiger partial charge in [0.1, 0.15) is 11.6 Å². The zero-order chi connectivity index (χ0) is 28.4. The molecule has 0 radical (unpaired) electrons. The molecule has 8 heteroatoms. The van der Waals surface area contributed by atoms with Crippen molar-refractivity contribution in [3.63, 3.8) is 0 Å². The van der Waals surface area contributed by atoms with Crippen LogP contribution in [0, 0.1) is 5.82 Å². The van der Waals surface area contributed by atoms with Gasteiger partial charge in [0.2, 0.25) is 0 Å². The van der Waals surface area contributed by atoms with Crippen molar-refractivity contribution in [1.82, 2.24) is 15.6 Å². The van der Waals surface area contributed by atoms with Crippen LogP contribution in [0.5, 0.6) is 5.75 Å². The lowest BCUT2D eigenvalue weighted by molar-refractivity contribution is 0.0350. The molecule has 0 saturated heterocycles. The SMILES string of the molecule is CNC(=O)c1cc(F)cc(-c2cc3c(c(C(=O)N[C@H](Cc4c[nH]c5ccccc45)C(C)(C)O)c2)OCCCC3)c1. The number of H-pyrrole nitrogens is 1. The minimum Gasteiger partial charge on any atom is -0.492 e. The van der Waals surface area contributed by atoms with E-state index in [1.165, 1.54) is 19.2 Å². The Balaban J connectivity index is 1.53. The van der Waals surface area contributed by atoms with E-state index in [9.17, 15) is 19.1 Å². The van der Waals surface area contributed by atoms with E-state index in [1.54, 1.807) is 26.0 Å². The van der Waals surface area contributed by atoms with E-state index < -0.39 is 29.3 Å². The van der Waals surface area contributed by atoms with Crippen molar-refractivity contribution >= 4 is 22.7 Å². The molecule has 40 heavy (non-hydrogen) atoms. The van der Waals surface area contributed by atoms with Crippen molar-refractivity contribution in [3.8, 4) is 16.9 Å². The summed E-state index contributed by atoms with van der Waals surface area (Å²) in [6, 6.07) is 15.0. The second kappa shape index (κ2) is 11.1. The van der Waals surface area contributed by atoms with Gasteiger partial charge in [0.15, 0.2) is 0 Å². The monoisotopic (exact) mass is 543 g/mol. The number of amides is 2. The van der Waals surface area contributed by atoms with Crippen LogP contribution in [0.15, 0.2) is 60.8 Å². The number of carbonyl (C=O) groups is 2. The molecule has 0 bridgehead atoms. The first kappa shape index (κ1) is 27.4. The first-order chi connectivity index (χ1) is 19.1. The van der Waals surface area contributed by atoms with Crippen LogP contribution in [0.2, 0.25) is 0 Å². The summed E-state index contributed by atoms with van der Waals surface area (Å²) in [4.78, 5) is 29.4. The molecule has 1 aliphatic heterocycles. The summed E-state index contributed by atoms with van der Waals surface area (Å²) in [5.74, 6) is -0.839. The Morgan fingerprint density at radius 1 is 1.07 bits per heavy atom. The minimum atomic E-state index is -1.23. The Morgan fingerprint density at radius 2 is 1.85 bits per heavy atom. The number of benzene rings is 3. The van der Waals surface area contributed by atoms with Gasteiger partial charge in [0.25, 0.3) is 11.8 Å². The number of rotatable bonds is 7. The predicted octanol–water partition coefficient (Wildman–Crippen LogP) is 5.16. The molecule has 3 aromatic carbocycles. The molecule has 0 aliphatic carbocycles. The zero-order valence-corrected chi connectivity index (χ0v) is 22.9. The van der Waals surface area contributed by atoms with Crippen LogP contribution >= 0.6 is 0 Å². The van der Waals surface area contributed by atoms with Gasteiger partial charge in [-0.15, -0.1) is 0 Å². The van der Waals surface area contributed by atoms with Gasteiger partial charge in [-0.2, -0.15) is 0 Å². The molecule has 0 spiro atoms. The molecule has 4 aromatic rings. The quantitative estimate of drug-likeness (QED) is 0.259. The summed E-state index contributed by atoms with van der Waals surface area (Å²) in [5, 5.41) is 17.7. The van der Waals surface area contributed by atoms with Gasteiger partial charge in [0, 0.05) is 29.7 Å². The van der Waals surface area contributed by atoms with Crippen molar-refractivity contribution in [2.75, 3.05) is 13.7 Å². The average molecular weight is 544 g/mol. The van der Waals surface area contributed by atoms with Gasteiger partial charge in [-0.1, -0.05) is 18.2 Å². The number of fused-ring (bicyclic) bond motifs is 2. The van der Waals surface area contributed by atoms with Crippen LogP contribution < -0.4 is 15.4 Å². The Bertz CT molecular complexity index is 1570. The maximum Gasteiger partial charge on any atom is 0.255 e. The van der Waals surface area contributed by atoms with E-state index in [1.807, 2.05) is 36.5 Å². The van der Waals surface area contributed by atoms with E-state index in [0.717, 1.165) is 34.9 Å². The molecule has 0 unspecified atom stereocenters. The lowest BCUT2D eigenvalue weighted by Gasteiger charge is -2.30. The second-order valence-electron chi connectivity index (χ2n) is 10.9. The lowest BCUT2D eigenvalue weighted by atomic mass is 9.91. The smallest absolute Gasteiger partial charge is 0.255 e. The van der Waals surface area contributed by atoms with Crippen LogP contribution in [-0.4, -0.2) is 47.2 Å². The molecule has 1 aliphatic rings. The normalized spacial score (nSPS) is 14.1. The topological polar surface area (TPSA) is 103 Å². The number of ether oxygens (including phenoxy) is 1. The van der Waals surface area contributed by atoms with Crippen molar-refractivity contribution in [2.45, 2.75) is 51.2 Å². The second-order valence-corrected chi connectivity index (χ2v) is 10.9. The highest BCUT2D eigenvalue weighted by Crippen LogP contribution is 2.35. The van der Waals surface area contributed by atoms with Crippen LogP contribution in [0.3, 0.4) is 0 Å². The van der Waals surface area contributed by atoms with Crippen LogP contribution in [0.25, 0.3) is 22.0 Å². The fourth-order valence-corrected chi connectivity index (χ4v) is 5.24. The number of hydrogen-bond acceptors (Lipinski definition) is 4.